The second kappa shape index (κ2) is 9.38. The van der Waals surface area contributed by atoms with E-state index >= 15 is 4.39 Å². The second-order valence-electron chi connectivity index (χ2n) is 10.9. The molecular weight excluding hydrogens is 515 g/mol. The number of nitrogens with zero attached hydrogens (tertiary/aromatic N) is 7. The van der Waals surface area contributed by atoms with E-state index in [2.05, 4.69) is 25.5 Å². The Morgan fingerprint density at radius 2 is 2.08 bits per heavy atom. The number of hydrogen-bond acceptors (Lipinski definition) is 7. The standard InChI is InChI=1S/C28H27FN8O3/c1-30-28(21-15-35(16-22(21)28)26(38)24-3-2-8-31-24)25-7-4-17(12-32-25)20-6-5-18(11-23(20)29)37-14-19(40-27(37)39)13-36-10-9-33-34-36/h4-7,9-12,19,21-22,24,31H,2-3,8,13-16H2/t19-,21-,22+,24-,28?/m0/s1. The van der Waals surface area contributed by atoms with Crippen molar-refractivity contribution in [2.45, 2.75) is 37.1 Å². The molecule has 1 unspecified atom stereocenters. The van der Waals surface area contributed by atoms with Crippen LogP contribution in [0.5, 0.6) is 0 Å². The second-order valence-corrected chi connectivity index (χ2v) is 10.9. The minimum Gasteiger partial charge on any atom is -0.442 e. The van der Waals surface area contributed by atoms with Gasteiger partial charge >= 0.3 is 6.09 Å². The van der Waals surface area contributed by atoms with Gasteiger partial charge in [0.2, 0.25) is 5.91 Å². The number of aromatic nitrogens is 4. The first kappa shape index (κ1) is 24.7. The summed E-state index contributed by atoms with van der Waals surface area (Å²) in [4.78, 5) is 37.1. The van der Waals surface area contributed by atoms with Crippen LogP contribution in [0, 0.1) is 24.2 Å². The van der Waals surface area contributed by atoms with Gasteiger partial charge in [-0.2, -0.15) is 0 Å². The van der Waals surface area contributed by atoms with Gasteiger partial charge in [0.1, 0.15) is 17.6 Å². The molecule has 0 bridgehead atoms. The SMILES string of the molecule is [C-]#[N+]C1(c2ccc(-c3ccc(N4C[C@H](Cn5ccnn5)OC4=O)cc3F)cn2)[C@@H]2CN(C(=O)[C@@H]3CCCN3)C[C@@H]21. The zero-order valence-electron chi connectivity index (χ0n) is 21.6. The number of ether oxygens (including phenoxy) is 1. The first-order chi connectivity index (χ1) is 19.5. The molecule has 2 amide bonds. The molecule has 7 rings (SSSR count). The van der Waals surface area contributed by atoms with Crippen molar-refractivity contribution >= 4 is 17.7 Å². The van der Waals surface area contributed by atoms with Crippen molar-refractivity contribution in [3.8, 4) is 11.1 Å². The lowest BCUT2D eigenvalue weighted by Crippen LogP contribution is -2.44. The summed E-state index contributed by atoms with van der Waals surface area (Å²) < 4.78 is 22.2. The van der Waals surface area contributed by atoms with Crippen LogP contribution in [0.25, 0.3) is 16.0 Å². The Hall–Kier alpha value is -4.37. The normalized spacial score (nSPS) is 28.9. The molecule has 1 N–H and O–H groups in total. The third-order valence-corrected chi connectivity index (χ3v) is 8.68. The molecule has 3 aliphatic heterocycles. The van der Waals surface area contributed by atoms with Crippen LogP contribution in [0.2, 0.25) is 0 Å². The van der Waals surface area contributed by atoms with Crippen LogP contribution in [-0.4, -0.2) is 75.2 Å². The molecule has 4 fully saturated rings. The highest BCUT2D eigenvalue weighted by atomic mass is 19.1. The van der Waals surface area contributed by atoms with E-state index in [0.29, 0.717) is 42.1 Å². The van der Waals surface area contributed by atoms with E-state index in [-0.39, 0.29) is 30.3 Å². The van der Waals surface area contributed by atoms with Crippen molar-refractivity contribution in [2.75, 3.05) is 31.1 Å². The number of hydrogen-bond donors (Lipinski definition) is 1. The fourth-order valence-corrected chi connectivity index (χ4v) is 6.56. The van der Waals surface area contributed by atoms with E-state index in [9.17, 15) is 9.59 Å². The molecule has 204 valence electrons. The number of fused-ring (bicyclic) bond motifs is 1. The first-order valence-corrected chi connectivity index (χ1v) is 13.5. The van der Waals surface area contributed by atoms with E-state index in [1.807, 2.05) is 4.90 Å². The predicted molar refractivity (Wildman–Crippen MR) is 140 cm³/mol. The van der Waals surface area contributed by atoms with E-state index in [0.717, 1.165) is 19.4 Å². The van der Waals surface area contributed by atoms with Crippen LogP contribution < -0.4 is 10.2 Å². The summed E-state index contributed by atoms with van der Waals surface area (Å²) in [5, 5.41) is 10.9. The number of nitrogens with one attached hydrogen (secondary N) is 1. The fraction of sp³-hybridized carbons (Fsp3) is 0.429. The van der Waals surface area contributed by atoms with Gasteiger partial charge in [-0.25, -0.2) is 20.4 Å². The average molecular weight is 543 g/mol. The van der Waals surface area contributed by atoms with Crippen molar-refractivity contribution in [1.82, 2.24) is 30.2 Å². The van der Waals surface area contributed by atoms with Crippen LogP contribution in [0.3, 0.4) is 0 Å². The van der Waals surface area contributed by atoms with Crippen LogP contribution >= 0.6 is 0 Å². The van der Waals surface area contributed by atoms with Crippen molar-refractivity contribution in [3.05, 3.63) is 71.9 Å². The van der Waals surface area contributed by atoms with Gasteiger partial charge in [-0.3, -0.25) is 14.7 Å². The highest BCUT2D eigenvalue weighted by molar-refractivity contribution is 5.90. The Morgan fingerprint density at radius 3 is 2.73 bits per heavy atom. The van der Waals surface area contributed by atoms with E-state index < -0.39 is 23.6 Å². The molecular formula is C28H27FN8O3. The third-order valence-electron chi connectivity index (χ3n) is 8.68. The first-order valence-electron chi connectivity index (χ1n) is 13.5. The molecule has 4 aliphatic rings. The maximum absolute atomic E-state index is 15.2. The summed E-state index contributed by atoms with van der Waals surface area (Å²) in [7, 11) is 0. The van der Waals surface area contributed by atoms with Crippen molar-refractivity contribution in [2.24, 2.45) is 11.8 Å². The Bertz CT molecular complexity index is 1490. The summed E-state index contributed by atoms with van der Waals surface area (Å²) in [6.07, 6.45) is 5.75. The highest BCUT2D eigenvalue weighted by Gasteiger charge is 2.78. The summed E-state index contributed by atoms with van der Waals surface area (Å²) in [6.45, 7) is 10.6. The number of halogens is 1. The quantitative estimate of drug-likeness (QED) is 0.477. The van der Waals surface area contributed by atoms with Crippen LogP contribution in [0.15, 0.2) is 48.9 Å². The number of carbonyl (C=O) groups is 2. The lowest BCUT2D eigenvalue weighted by atomic mass is 10.0. The monoisotopic (exact) mass is 542 g/mol. The molecule has 5 atom stereocenters. The minimum absolute atomic E-state index is 0.0679. The van der Waals surface area contributed by atoms with Gasteiger partial charge in [0.15, 0.2) is 0 Å². The van der Waals surface area contributed by atoms with Crippen molar-refractivity contribution in [1.29, 1.82) is 0 Å². The molecule has 0 spiro atoms. The van der Waals surface area contributed by atoms with Gasteiger partial charge in [0, 0.05) is 36.6 Å². The Balaban J connectivity index is 1.03. The van der Waals surface area contributed by atoms with Crippen LogP contribution in [0.4, 0.5) is 14.9 Å². The summed E-state index contributed by atoms with van der Waals surface area (Å²) in [5.41, 5.74) is 1.28. The van der Waals surface area contributed by atoms with Gasteiger partial charge in [0.05, 0.1) is 42.9 Å². The predicted octanol–water partition coefficient (Wildman–Crippen LogP) is 2.46. The highest BCUT2D eigenvalue weighted by Crippen LogP contribution is 2.64. The summed E-state index contributed by atoms with van der Waals surface area (Å²) in [6, 6.07) is 8.11. The topological polar surface area (TPSA) is 110 Å². The molecule has 2 aromatic heterocycles. The number of amides is 2. The van der Waals surface area contributed by atoms with E-state index in [4.69, 9.17) is 11.3 Å². The molecule has 5 heterocycles. The number of rotatable bonds is 6. The van der Waals surface area contributed by atoms with Crippen molar-refractivity contribution < 1.29 is 18.7 Å². The van der Waals surface area contributed by atoms with Gasteiger partial charge in [-0.05, 0) is 43.7 Å². The Morgan fingerprint density at radius 1 is 1.23 bits per heavy atom. The molecule has 3 aromatic rings. The molecule has 1 saturated carbocycles. The smallest absolute Gasteiger partial charge is 0.414 e. The Labute approximate surface area is 229 Å². The molecule has 1 aliphatic carbocycles. The summed E-state index contributed by atoms with van der Waals surface area (Å²) >= 11 is 0. The van der Waals surface area contributed by atoms with Crippen LogP contribution in [0.1, 0.15) is 18.5 Å². The van der Waals surface area contributed by atoms with Crippen LogP contribution in [-0.2, 0) is 21.6 Å². The number of piperidine rings is 1. The van der Waals surface area contributed by atoms with E-state index in [1.165, 1.54) is 11.0 Å². The number of pyridine rings is 1. The number of likely N-dealkylation sites (tertiary alicyclic amines) is 1. The lowest BCUT2D eigenvalue weighted by molar-refractivity contribution is -0.132. The van der Waals surface area contributed by atoms with Gasteiger partial charge in [0.25, 0.3) is 5.54 Å². The molecule has 11 nitrogen and oxygen atoms in total. The zero-order valence-corrected chi connectivity index (χ0v) is 21.6. The molecule has 40 heavy (non-hydrogen) atoms. The number of anilines is 1. The minimum atomic E-state index is -0.723. The van der Waals surface area contributed by atoms with Gasteiger partial charge in [-0.15, -0.1) is 5.10 Å². The lowest BCUT2D eigenvalue weighted by Gasteiger charge is -2.24. The van der Waals surface area contributed by atoms with E-state index in [1.54, 1.807) is 47.5 Å². The summed E-state index contributed by atoms with van der Waals surface area (Å²) in [5.74, 6) is -0.215. The van der Waals surface area contributed by atoms with Crippen molar-refractivity contribution in [3.63, 3.8) is 0 Å². The maximum atomic E-state index is 15.2. The molecule has 3 saturated heterocycles. The molecule has 0 radical (unpaired) electrons. The largest absolute Gasteiger partial charge is 0.442 e. The fourth-order valence-electron chi connectivity index (χ4n) is 6.56. The average Bonchev–Trinajstić information content (AvgIpc) is 3.65. The maximum Gasteiger partial charge on any atom is 0.414 e. The van der Waals surface area contributed by atoms with Gasteiger partial charge < -0.3 is 19.8 Å². The number of benzene rings is 1. The third kappa shape index (κ3) is 3.92. The Kier molecular flexibility index (Phi) is 5.78. The molecule has 1 aromatic carbocycles. The zero-order chi connectivity index (χ0) is 27.4. The number of carbonyl (C=O) groups excluding carboxylic acids is 2. The van der Waals surface area contributed by atoms with Gasteiger partial charge in [-0.1, -0.05) is 11.3 Å². The number of cyclic esters (lactones) is 1. The molecule has 12 heteroatoms.